The first kappa shape index (κ1) is 26.9. The van der Waals surface area contributed by atoms with Crippen molar-refractivity contribution in [1.82, 2.24) is 0 Å². The van der Waals surface area contributed by atoms with E-state index in [9.17, 15) is 24.3 Å². The number of ether oxygens (including phenoxy) is 1. The van der Waals surface area contributed by atoms with Crippen molar-refractivity contribution in [2.75, 3.05) is 12.0 Å². The summed E-state index contributed by atoms with van der Waals surface area (Å²) in [5.74, 6) is -3.12. The minimum atomic E-state index is -0.654. The molecule has 0 spiro atoms. The van der Waals surface area contributed by atoms with E-state index >= 15 is 0 Å². The predicted molar refractivity (Wildman–Crippen MR) is 164 cm³/mol. The molecule has 7 nitrogen and oxygen atoms in total. The number of methoxy groups -OCH3 is 1. The van der Waals surface area contributed by atoms with Gasteiger partial charge in [-0.1, -0.05) is 11.6 Å². The van der Waals surface area contributed by atoms with E-state index in [1.54, 1.807) is 24.3 Å². The van der Waals surface area contributed by atoms with Crippen LogP contribution in [0.15, 0.2) is 69.8 Å². The van der Waals surface area contributed by atoms with E-state index in [1.807, 2.05) is 40.8 Å². The minimum Gasteiger partial charge on any atom is -0.504 e. The standard InChI is InChI=1S/C29H20BrI2NO6/c1-39-22-9-12(8-20(32)27(22)36)23-15-6-7-16-24(17(15)10-18-25(23)21(34)11-19(30)26(18)35)29(38)33(28(16)37)14-4-2-13(31)3-5-14/h2-6,8-9,11,16-17,23-24,36H,7,10H2,1H3. The molecule has 1 saturated heterocycles. The first-order chi connectivity index (χ1) is 18.6. The summed E-state index contributed by atoms with van der Waals surface area (Å²) < 4.78 is 7.10. The van der Waals surface area contributed by atoms with Gasteiger partial charge in [-0.3, -0.25) is 24.1 Å². The van der Waals surface area contributed by atoms with Crippen LogP contribution >= 0.6 is 61.1 Å². The quantitative estimate of drug-likeness (QED) is 0.188. The molecule has 10 heteroatoms. The van der Waals surface area contributed by atoms with Crippen molar-refractivity contribution in [3.05, 3.63) is 82.5 Å². The van der Waals surface area contributed by atoms with Crippen LogP contribution in [0.3, 0.4) is 0 Å². The Morgan fingerprint density at radius 1 is 1.03 bits per heavy atom. The lowest BCUT2D eigenvalue weighted by Gasteiger charge is -2.42. The molecule has 1 heterocycles. The number of carbonyl (C=O) groups is 4. The molecule has 0 radical (unpaired) electrons. The Kier molecular flexibility index (Phi) is 6.86. The van der Waals surface area contributed by atoms with Crippen LogP contribution in [0.5, 0.6) is 11.5 Å². The Hall–Kier alpha value is -2.32. The second-order valence-electron chi connectivity index (χ2n) is 9.94. The van der Waals surface area contributed by atoms with Crippen molar-refractivity contribution in [2.24, 2.45) is 17.8 Å². The van der Waals surface area contributed by atoms with Gasteiger partial charge < -0.3 is 9.84 Å². The Morgan fingerprint density at radius 2 is 1.74 bits per heavy atom. The Labute approximate surface area is 259 Å². The maximum atomic E-state index is 13.9. The van der Waals surface area contributed by atoms with Gasteiger partial charge in [-0.05, 0) is 122 Å². The normalized spacial score (nSPS) is 26.2. The highest BCUT2D eigenvalue weighted by Crippen LogP contribution is 2.56. The van der Waals surface area contributed by atoms with Crippen LogP contribution in [0, 0.1) is 24.9 Å². The van der Waals surface area contributed by atoms with Gasteiger partial charge in [0.15, 0.2) is 23.1 Å². The van der Waals surface area contributed by atoms with Gasteiger partial charge in [-0.2, -0.15) is 0 Å². The molecule has 4 unspecified atom stereocenters. The zero-order valence-electron chi connectivity index (χ0n) is 20.4. The highest BCUT2D eigenvalue weighted by atomic mass is 127. The Bertz CT molecular complexity index is 1590. The number of anilines is 1. The van der Waals surface area contributed by atoms with Crippen LogP contribution < -0.4 is 9.64 Å². The molecule has 198 valence electrons. The maximum Gasteiger partial charge on any atom is 0.238 e. The number of halogens is 3. The second kappa shape index (κ2) is 9.95. The van der Waals surface area contributed by atoms with Crippen LogP contribution in [0.2, 0.25) is 0 Å². The first-order valence-corrected chi connectivity index (χ1v) is 15.2. The molecule has 2 aromatic carbocycles. The summed E-state index contributed by atoms with van der Waals surface area (Å²) in [6.45, 7) is 0. The van der Waals surface area contributed by atoms with E-state index < -0.39 is 23.7 Å². The monoisotopic (exact) mass is 811 g/mol. The molecule has 1 N–H and O–H groups in total. The summed E-state index contributed by atoms with van der Waals surface area (Å²) in [7, 11) is 1.45. The van der Waals surface area contributed by atoms with Crippen molar-refractivity contribution < 1.29 is 29.0 Å². The topological polar surface area (TPSA) is 101 Å². The zero-order valence-corrected chi connectivity index (χ0v) is 26.3. The lowest BCUT2D eigenvalue weighted by atomic mass is 9.59. The van der Waals surface area contributed by atoms with Gasteiger partial charge in [0.2, 0.25) is 11.8 Å². The number of benzene rings is 2. The molecule has 6 rings (SSSR count). The van der Waals surface area contributed by atoms with Gasteiger partial charge >= 0.3 is 0 Å². The fraction of sp³-hybridized carbons (Fsp3) is 0.241. The average molecular weight is 812 g/mol. The van der Waals surface area contributed by atoms with E-state index in [2.05, 4.69) is 38.5 Å². The molecular formula is C29H20BrI2NO6. The number of Topliss-reactive ketones (excluding diaryl/α,β-unsaturated/α-hetero) is 1. The van der Waals surface area contributed by atoms with E-state index in [0.717, 1.165) is 9.14 Å². The van der Waals surface area contributed by atoms with Crippen molar-refractivity contribution in [3.8, 4) is 11.5 Å². The number of fused-ring (bicyclic) bond motifs is 3. The van der Waals surface area contributed by atoms with E-state index in [4.69, 9.17) is 4.74 Å². The molecule has 39 heavy (non-hydrogen) atoms. The molecular weight excluding hydrogens is 792 g/mol. The third kappa shape index (κ3) is 4.16. The van der Waals surface area contributed by atoms with E-state index in [1.165, 1.54) is 18.1 Å². The largest absolute Gasteiger partial charge is 0.504 e. The average Bonchev–Trinajstić information content (AvgIpc) is 3.18. The SMILES string of the molecule is COc1cc(C2C3=CCC4C(=O)N(c5ccc(I)cc5)C(=O)C4C3CC3=C2C(=O)C=C(Br)C3=O)cc(I)c1O. The number of carbonyl (C=O) groups excluding carboxylic acids is 4. The number of hydrogen-bond acceptors (Lipinski definition) is 6. The smallest absolute Gasteiger partial charge is 0.238 e. The van der Waals surface area contributed by atoms with Crippen molar-refractivity contribution >= 4 is 90.2 Å². The van der Waals surface area contributed by atoms with Crippen LogP contribution in [0.25, 0.3) is 0 Å². The molecule has 0 bridgehead atoms. The maximum absolute atomic E-state index is 13.9. The van der Waals surface area contributed by atoms with Crippen LogP contribution in [0.1, 0.15) is 24.3 Å². The molecule has 1 fully saturated rings. The van der Waals surface area contributed by atoms with Gasteiger partial charge in [-0.15, -0.1) is 0 Å². The minimum absolute atomic E-state index is 0.0143. The van der Waals surface area contributed by atoms with Crippen LogP contribution in [0.4, 0.5) is 5.69 Å². The summed E-state index contributed by atoms with van der Waals surface area (Å²) in [5.41, 5.74) is 2.78. The number of allylic oxidation sites excluding steroid dienone is 6. The first-order valence-electron chi connectivity index (χ1n) is 12.2. The number of rotatable bonds is 3. The second-order valence-corrected chi connectivity index (χ2v) is 13.2. The third-order valence-corrected chi connectivity index (χ3v) is 10.2. The summed E-state index contributed by atoms with van der Waals surface area (Å²) in [4.78, 5) is 55.6. The number of hydrogen-bond donors (Lipinski definition) is 1. The summed E-state index contributed by atoms with van der Waals surface area (Å²) in [5, 5.41) is 10.5. The Morgan fingerprint density at radius 3 is 2.44 bits per heavy atom. The van der Waals surface area contributed by atoms with Gasteiger partial charge in [0.25, 0.3) is 0 Å². The summed E-state index contributed by atoms with van der Waals surface area (Å²) >= 11 is 7.42. The molecule has 2 amide bonds. The number of amides is 2. The van der Waals surface area contributed by atoms with E-state index in [-0.39, 0.29) is 45.8 Å². The molecule has 3 aliphatic carbocycles. The molecule has 4 atom stereocenters. The van der Waals surface area contributed by atoms with Gasteiger partial charge in [0.1, 0.15) is 0 Å². The van der Waals surface area contributed by atoms with Gasteiger partial charge in [0, 0.05) is 26.7 Å². The lowest BCUT2D eigenvalue weighted by Crippen LogP contribution is -2.39. The highest BCUT2D eigenvalue weighted by Gasteiger charge is 2.56. The summed E-state index contributed by atoms with van der Waals surface area (Å²) in [6.07, 6.45) is 3.82. The fourth-order valence-corrected chi connectivity index (χ4v) is 7.78. The summed E-state index contributed by atoms with van der Waals surface area (Å²) in [6, 6.07) is 10.7. The number of phenolic OH excluding ortho intramolecular Hbond substituents is 1. The van der Waals surface area contributed by atoms with Crippen LogP contribution in [-0.4, -0.2) is 35.6 Å². The van der Waals surface area contributed by atoms with Gasteiger partial charge in [-0.25, -0.2) is 0 Å². The van der Waals surface area contributed by atoms with Crippen molar-refractivity contribution in [2.45, 2.75) is 18.8 Å². The number of nitrogens with zero attached hydrogens (tertiary/aromatic N) is 1. The number of aromatic hydroxyl groups is 1. The predicted octanol–water partition coefficient (Wildman–Crippen LogP) is 5.58. The zero-order chi connectivity index (χ0) is 27.7. The Balaban J connectivity index is 1.51. The third-order valence-electron chi connectivity index (χ3n) is 8.02. The van der Waals surface area contributed by atoms with Crippen LogP contribution in [-0.2, 0) is 19.2 Å². The van der Waals surface area contributed by atoms with Crippen molar-refractivity contribution in [1.29, 1.82) is 0 Å². The fourth-order valence-electron chi connectivity index (χ4n) is 6.35. The number of imide groups is 1. The highest BCUT2D eigenvalue weighted by molar-refractivity contribution is 14.1. The van der Waals surface area contributed by atoms with Crippen molar-refractivity contribution in [3.63, 3.8) is 0 Å². The number of phenols is 1. The molecule has 0 aromatic heterocycles. The molecule has 0 saturated carbocycles. The van der Waals surface area contributed by atoms with Gasteiger partial charge in [0.05, 0.1) is 32.7 Å². The number of ketones is 2. The van der Waals surface area contributed by atoms with E-state index in [0.29, 0.717) is 32.4 Å². The lowest BCUT2D eigenvalue weighted by molar-refractivity contribution is -0.123. The molecule has 4 aliphatic rings. The molecule has 1 aliphatic heterocycles. The molecule has 2 aromatic rings.